The van der Waals surface area contributed by atoms with Crippen molar-refractivity contribution in [1.29, 1.82) is 0 Å². The van der Waals surface area contributed by atoms with Gasteiger partial charge in [0.1, 0.15) is 5.75 Å². The molecule has 2 heteroatoms. The van der Waals surface area contributed by atoms with Crippen molar-refractivity contribution in [3.05, 3.63) is 132 Å². The molecule has 0 amide bonds. The number of hydrogen-bond acceptors (Lipinski definition) is 2. The molecule has 4 aromatic rings. The van der Waals surface area contributed by atoms with E-state index in [0.29, 0.717) is 0 Å². The van der Waals surface area contributed by atoms with E-state index in [9.17, 15) is 0 Å². The zero-order chi connectivity index (χ0) is 20.6. The summed E-state index contributed by atoms with van der Waals surface area (Å²) in [5, 5.41) is 0. The van der Waals surface area contributed by atoms with Crippen LogP contribution in [0, 0.1) is 0 Å². The van der Waals surface area contributed by atoms with E-state index in [1.165, 1.54) is 0 Å². The Morgan fingerprint density at radius 1 is 0.633 bits per heavy atom. The molecule has 0 aliphatic rings. The van der Waals surface area contributed by atoms with Gasteiger partial charge in [0.25, 0.3) is 0 Å². The molecule has 0 fully saturated rings. The number of benzene rings is 4. The summed E-state index contributed by atoms with van der Waals surface area (Å²) in [4.78, 5) is 5.07. The van der Waals surface area contributed by atoms with Gasteiger partial charge in [-0.25, -0.2) is 4.99 Å². The molecular weight excluding hydrogens is 366 g/mol. The predicted molar refractivity (Wildman–Crippen MR) is 126 cm³/mol. The molecule has 0 atom stereocenters. The minimum atomic E-state index is 0.818. The van der Waals surface area contributed by atoms with Crippen molar-refractivity contribution >= 4 is 23.0 Å². The molecule has 0 aromatic heterocycles. The number of rotatable bonds is 6. The average Bonchev–Trinajstić information content (AvgIpc) is 2.83. The van der Waals surface area contributed by atoms with Crippen molar-refractivity contribution in [3.8, 4) is 5.75 Å². The molecule has 146 valence electrons. The molecule has 0 saturated carbocycles. The highest BCUT2D eigenvalue weighted by molar-refractivity contribution is 6.35. The van der Waals surface area contributed by atoms with Crippen LogP contribution < -0.4 is 4.74 Å². The second-order valence-corrected chi connectivity index (χ2v) is 6.86. The summed E-state index contributed by atoms with van der Waals surface area (Å²) < 4.78 is 5.29. The van der Waals surface area contributed by atoms with Crippen LogP contribution in [0.25, 0.3) is 11.6 Å². The van der Waals surface area contributed by atoms with Gasteiger partial charge >= 0.3 is 0 Å². The van der Waals surface area contributed by atoms with Crippen LogP contribution in [0.4, 0.5) is 5.69 Å². The summed E-state index contributed by atoms with van der Waals surface area (Å²) in [6.07, 6.45) is 2.20. The second-order valence-electron chi connectivity index (χ2n) is 6.86. The zero-order valence-corrected chi connectivity index (χ0v) is 16.9. The van der Waals surface area contributed by atoms with Crippen LogP contribution in [0.15, 0.2) is 120 Å². The van der Waals surface area contributed by atoms with Gasteiger partial charge in [-0.15, -0.1) is 0 Å². The SMILES string of the molecule is COc1ccc(N=C(/C(=C/c2ccccc2)c2ccccc2)c2ccccc2)cc1. The smallest absolute Gasteiger partial charge is 0.119 e. The Labute approximate surface area is 177 Å². The third kappa shape index (κ3) is 4.73. The Kier molecular flexibility index (Phi) is 6.16. The lowest BCUT2D eigenvalue weighted by Gasteiger charge is -2.13. The van der Waals surface area contributed by atoms with E-state index in [0.717, 1.165) is 39.4 Å². The van der Waals surface area contributed by atoms with Gasteiger partial charge in [0.2, 0.25) is 0 Å². The standard InChI is InChI=1S/C28H23NO/c1-30-26-19-17-25(18-20-26)29-28(24-15-9-4-10-16-24)27(23-13-7-3-8-14-23)21-22-11-5-2-6-12-22/h2-21H,1H3/b27-21+,29-28?. The number of aliphatic imine (C=N–C) groups is 1. The normalized spacial score (nSPS) is 11.9. The molecule has 0 spiro atoms. The van der Waals surface area contributed by atoms with E-state index in [4.69, 9.17) is 9.73 Å². The third-order valence-electron chi connectivity index (χ3n) is 4.81. The van der Waals surface area contributed by atoms with E-state index in [1.54, 1.807) is 7.11 Å². The third-order valence-corrected chi connectivity index (χ3v) is 4.81. The summed E-state index contributed by atoms with van der Waals surface area (Å²) in [5.41, 5.74) is 6.20. The van der Waals surface area contributed by atoms with Crippen molar-refractivity contribution in [2.75, 3.05) is 7.11 Å². The van der Waals surface area contributed by atoms with Crippen LogP contribution in [-0.4, -0.2) is 12.8 Å². The molecule has 0 radical (unpaired) electrons. The van der Waals surface area contributed by atoms with Crippen LogP contribution in [-0.2, 0) is 0 Å². The lowest BCUT2D eigenvalue weighted by Crippen LogP contribution is -2.04. The highest BCUT2D eigenvalue weighted by Crippen LogP contribution is 2.27. The largest absolute Gasteiger partial charge is 0.497 e. The fraction of sp³-hybridized carbons (Fsp3) is 0.0357. The van der Waals surface area contributed by atoms with Gasteiger partial charge in [-0.1, -0.05) is 91.0 Å². The molecule has 4 aromatic carbocycles. The lowest BCUT2D eigenvalue weighted by atomic mass is 9.93. The maximum absolute atomic E-state index is 5.29. The molecule has 2 nitrogen and oxygen atoms in total. The quantitative estimate of drug-likeness (QED) is 0.256. The minimum absolute atomic E-state index is 0.818. The number of methoxy groups -OCH3 is 1. The molecular formula is C28H23NO. The number of allylic oxidation sites excluding steroid dienone is 1. The predicted octanol–water partition coefficient (Wildman–Crippen LogP) is 7.06. The van der Waals surface area contributed by atoms with Gasteiger partial charge in [-0.3, -0.25) is 0 Å². The van der Waals surface area contributed by atoms with Crippen LogP contribution in [0.1, 0.15) is 16.7 Å². The first-order valence-corrected chi connectivity index (χ1v) is 9.94. The van der Waals surface area contributed by atoms with Crippen molar-refractivity contribution in [2.45, 2.75) is 0 Å². The summed E-state index contributed by atoms with van der Waals surface area (Å²) >= 11 is 0. The Morgan fingerprint density at radius 3 is 1.73 bits per heavy atom. The van der Waals surface area contributed by atoms with Crippen LogP contribution in [0.2, 0.25) is 0 Å². The fourth-order valence-electron chi connectivity index (χ4n) is 3.28. The number of nitrogens with zero attached hydrogens (tertiary/aromatic N) is 1. The first-order chi connectivity index (χ1) is 14.8. The second kappa shape index (κ2) is 9.53. The highest BCUT2D eigenvalue weighted by atomic mass is 16.5. The average molecular weight is 389 g/mol. The molecule has 0 aliphatic heterocycles. The van der Waals surface area contributed by atoms with Crippen molar-refractivity contribution in [1.82, 2.24) is 0 Å². The monoisotopic (exact) mass is 389 g/mol. The van der Waals surface area contributed by atoms with Gasteiger partial charge in [-0.05, 0) is 41.5 Å². The zero-order valence-electron chi connectivity index (χ0n) is 16.9. The number of hydrogen-bond donors (Lipinski definition) is 0. The molecule has 0 unspecified atom stereocenters. The maximum atomic E-state index is 5.29. The Morgan fingerprint density at radius 2 is 1.17 bits per heavy atom. The van der Waals surface area contributed by atoms with Gasteiger partial charge < -0.3 is 4.74 Å². The summed E-state index contributed by atoms with van der Waals surface area (Å²) in [6.45, 7) is 0. The van der Waals surface area contributed by atoms with Gasteiger partial charge in [-0.2, -0.15) is 0 Å². The van der Waals surface area contributed by atoms with Gasteiger partial charge in [0.15, 0.2) is 0 Å². The first kappa shape index (κ1) is 19.4. The van der Waals surface area contributed by atoms with E-state index in [1.807, 2.05) is 54.6 Å². The highest BCUT2D eigenvalue weighted by Gasteiger charge is 2.13. The molecule has 0 N–H and O–H groups in total. The molecule has 30 heavy (non-hydrogen) atoms. The molecule has 0 aliphatic carbocycles. The Bertz CT molecular complexity index is 1130. The Balaban J connectivity index is 1.91. The molecule has 4 rings (SSSR count). The lowest BCUT2D eigenvalue weighted by molar-refractivity contribution is 0.415. The van der Waals surface area contributed by atoms with Crippen LogP contribution in [0.3, 0.4) is 0 Å². The molecule has 0 bridgehead atoms. The maximum Gasteiger partial charge on any atom is 0.119 e. The van der Waals surface area contributed by atoms with Crippen molar-refractivity contribution < 1.29 is 4.74 Å². The van der Waals surface area contributed by atoms with E-state index in [-0.39, 0.29) is 0 Å². The van der Waals surface area contributed by atoms with E-state index >= 15 is 0 Å². The fourth-order valence-corrected chi connectivity index (χ4v) is 3.28. The topological polar surface area (TPSA) is 21.6 Å². The summed E-state index contributed by atoms with van der Waals surface area (Å²) in [7, 11) is 1.67. The van der Waals surface area contributed by atoms with E-state index < -0.39 is 0 Å². The summed E-state index contributed by atoms with van der Waals surface area (Å²) in [6, 6.07) is 38.9. The first-order valence-electron chi connectivity index (χ1n) is 9.94. The Hall–Kier alpha value is -3.91. The van der Waals surface area contributed by atoms with E-state index in [2.05, 4.69) is 66.7 Å². The summed E-state index contributed by atoms with van der Waals surface area (Å²) in [5.74, 6) is 0.818. The van der Waals surface area contributed by atoms with Crippen molar-refractivity contribution in [3.63, 3.8) is 0 Å². The van der Waals surface area contributed by atoms with Gasteiger partial charge in [0.05, 0.1) is 18.5 Å². The van der Waals surface area contributed by atoms with Gasteiger partial charge in [0, 0.05) is 11.1 Å². The number of ether oxygens (including phenoxy) is 1. The molecule has 0 saturated heterocycles. The molecule has 0 heterocycles. The van der Waals surface area contributed by atoms with Crippen molar-refractivity contribution in [2.24, 2.45) is 4.99 Å². The van der Waals surface area contributed by atoms with Crippen LogP contribution in [0.5, 0.6) is 5.75 Å². The minimum Gasteiger partial charge on any atom is -0.497 e. The van der Waals surface area contributed by atoms with Crippen LogP contribution >= 0.6 is 0 Å².